The van der Waals surface area contributed by atoms with Crippen LogP contribution in [-0.4, -0.2) is 20.4 Å². The number of anilines is 1. The van der Waals surface area contributed by atoms with Gasteiger partial charge in [0.25, 0.3) is 0 Å². The van der Waals surface area contributed by atoms with Crippen molar-refractivity contribution in [1.82, 2.24) is 0 Å². The van der Waals surface area contributed by atoms with Gasteiger partial charge in [0.2, 0.25) is 0 Å². The molecule has 0 aromatic heterocycles. The number of carbonyl (C=O) groups is 1. The van der Waals surface area contributed by atoms with E-state index in [2.05, 4.69) is 0 Å². The predicted molar refractivity (Wildman–Crippen MR) is 81.1 cm³/mol. The molecule has 0 saturated carbocycles. The summed E-state index contributed by atoms with van der Waals surface area (Å²) in [6, 6.07) is 17.8. The van der Waals surface area contributed by atoms with Gasteiger partial charge in [-0.15, -0.1) is 0 Å². The first-order chi connectivity index (χ1) is 9.20. The van der Waals surface area contributed by atoms with Crippen LogP contribution in [0.15, 0.2) is 54.6 Å². The molecule has 2 nitrogen and oxygen atoms in total. The van der Waals surface area contributed by atoms with Crippen molar-refractivity contribution in [2.75, 3.05) is 19.0 Å². The lowest BCUT2D eigenvalue weighted by Crippen LogP contribution is -2.08. The van der Waals surface area contributed by atoms with E-state index < -0.39 is 0 Å². The van der Waals surface area contributed by atoms with Gasteiger partial charge in [0.1, 0.15) is 0 Å². The number of allylic oxidation sites excluding steroid dienone is 1. The molecule has 0 unspecified atom stereocenters. The zero-order valence-corrected chi connectivity index (χ0v) is 11.2. The van der Waals surface area contributed by atoms with Crippen LogP contribution >= 0.6 is 0 Å². The van der Waals surface area contributed by atoms with Crippen LogP contribution in [0.2, 0.25) is 0 Å². The highest BCUT2D eigenvalue weighted by Crippen LogP contribution is 2.19. The molecule has 0 bridgehead atoms. The molecular formula is C17H17NO. The van der Waals surface area contributed by atoms with Crippen molar-refractivity contribution in [1.29, 1.82) is 0 Å². The Morgan fingerprint density at radius 1 is 0.947 bits per heavy atom. The second-order valence-electron chi connectivity index (χ2n) is 4.57. The normalized spacial score (nSPS) is 11.2. The van der Waals surface area contributed by atoms with Crippen molar-refractivity contribution in [3.63, 3.8) is 0 Å². The summed E-state index contributed by atoms with van der Waals surface area (Å²) in [7, 11) is 3.99. The molecule has 0 fully saturated rings. The molecule has 0 spiro atoms. The molecule has 0 amide bonds. The molecule has 2 aromatic rings. The van der Waals surface area contributed by atoms with Crippen molar-refractivity contribution in [2.45, 2.75) is 0 Å². The highest BCUT2D eigenvalue weighted by molar-refractivity contribution is 6.13. The van der Waals surface area contributed by atoms with E-state index in [0.29, 0.717) is 5.57 Å². The fraction of sp³-hybridized carbons (Fsp3) is 0.118. The average Bonchev–Trinajstić information content (AvgIpc) is 2.46. The molecule has 2 aromatic carbocycles. The fourth-order valence-corrected chi connectivity index (χ4v) is 1.87. The van der Waals surface area contributed by atoms with E-state index in [1.165, 1.54) is 0 Å². The molecule has 2 rings (SSSR count). The maximum Gasteiger partial charge on any atom is 0.150 e. The maximum absolute atomic E-state index is 11.2. The molecule has 0 aliphatic rings. The van der Waals surface area contributed by atoms with E-state index in [1.807, 2.05) is 79.7 Å². The number of rotatable bonds is 4. The Labute approximate surface area is 114 Å². The van der Waals surface area contributed by atoms with E-state index in [-0.39, 0.29) is 0 Å². The lowest BCUT2D eigenvalue weighted by atomic mass is 10.0. The molecule has 0 N–H and O–H groups in total. The van der Waals surface area contributed by atoms with Gasteiger partial charge in [0.05, 0.1) is 0 Å². The molecule has 0 aliphatic heterocycles. The molecule has 0 aliphatic carbocycles. The zero-order valence-electron chi connectivity index (χ0n) is 11.2. The summed E-state index contributed by atoms with van der Waals surface area (Å²) >= 11 is 0. The Balaban J connectivity index is 2.32. The van der Waals surface area contributed by atoms with Crippen molar-refractivity contribution in [2.24, 2.45) is 0 Å². The molecule has 0 radical (unpaired) electrons. The summed E-state index contributed by atoms with van der Waals surface area (Å²) in [4.78, 5) is 13.3. The standard InChI is InChI=1S/C17H17NO/c1-18(2)17-10-8-15(9-11-17)16(13-19)12-14-6-4-3-5-7-14/h3-13H,1-2H3. The van der Waals surface area contributed by atoms with E-state index in [9.17, 15) is 4.79 Å². The summed E-state index contributed by atoms with van der Waals surface area (Å²) in [5.41, 5.74) is 3.77. The monoisotopic (exact) mass is 251 g/mol. The minimum Gasteiger partial charge on any atom is -0.378 e. The van der Waals surface area contributed by atoms with Crippen LogP contribution < -0.4 is 4.90 Å². The van der Waals surface area contributed by atoms with Crippen LogP contribution in [0.3, 0.4) is 0 Å². The number of carbonyl (C=O) groups excluding carboxylic acids is 1. The number of hydrogen-bond donors (Lipinski definition) is 0. The van der Waals surface area contributed by atoms with Crippen molar-refractivity contribution >= 4 is 23.6 Å². The van der Waals surface area contributed by atoms with Crippen molar-refractivity contribution < 1.29 is 4.79 Å². The Bertz CT molecular complexity index is 568. The molecular weight excluding hydrogens is 234 g/mol. The van der Waals surface area contributed by atoms with Gasteiger partial charge in [-0.05, 0) is 29.3 Å². The van der Waals surface area contributed by atoms with E-state index in [1.54, 1.807) is 0 Å². The van der Waals surface area contributed by atoms with Crippen molar-refractivity contribution in [3.8, 4) is 0 Å². The van der Waals surface area contributed by atoms with Crippen molar-refractivity contribution in [3.05, 3.63) is 65.7 Å². The highest BCUT2D eigenvalue weighted by atomic mass is 16.1. The summed E-state index contributed by atoms with van der Waals surface area (Å²) in [5.74, 6) is 0. The SMILES string of the molecule is CN(C)c1ccc(C(C=O)=Cc2ccccc2)cc1. The summed E-state index contributed by atoms with van der Waals surface area (Å²) in [6.07, 6.45) is 2.80. The summed E-state index contributed by atoms with van der Waals surface area (Å²) in [6.45, 7) is 0. The van der Waals surface area contributed by atoms with Gasteiger partial charge in [-0.2, -0.15) is 0 Å². The third kappa shape index (κ3) is 3.32. The molecule has 0 heterocycles. The lowest BCUT2D eigenvalue weighted by molar-refractivity contribution is -0.103. The topological polar surface area (TPSA) is 20.3 Å². The quantitative estimate of drug-likeness (QED) is 0.471. The van der Waals surface area contributed by atoms with Gasteiger partial charge in [0.15, 0.2) is 6.29 Å². The van der Waals surface area contributed by atoms with E-state index in [4.69, 9.17) is 0 Å². The Morgan fingerprint density at radius 2 is 1.58 bits per heavy atom. The predicted octanol–water partition coefficient (Wildman–Crippen LogP) is 3.49. The van der Waals surface area contributed by atoms with Gasteiger partial charge in [0, 0.05) is 25.4 Å². The zero-order chi connectivity index (χ0) is 13.7. The first-order valence-electron chi connectivity index (χ1n) is 6.20. The molecule has 19 heavy (non-hydrogen) atoms. The number of aldehydes is 1. The van der Waals surface area contributed by atoms with Crippen LogP contribution in [-0.2, 0) is 4.79 Å². The third-order valence-corrected chi connectivity index (χ3v) is 2.97. The number of hydrogen-bond acceptors (Lipinski definition) is 2. The highest BCUT2D eigenvalue weighted by Gasteiger charge is 2.02. The summed E-state index contributed by atoms with van der Waals surface area (Å²) < 4.78 is 0. The molecule has 2 heteroatoms. The minimum atomic E-state index is 0.691. The van der Waals surface area contributed by atoms with Crippen LogP contribution in [0.5, 0.6) is 0 Å². The van der Waals surface area contributed by atoms with Crippen LogP contribution in [0.4, 0.5) is 5.69 Å². The van der Waals surface area contributed by atoms with E-state index >= 15 is 0 Å². The van der Waals surface area contributed by atoms with Gasteiger partial charge in [-0.3, -0.25) is 4.79 Å². The lowest BCUT2D eigenvalue weighted by Gasteiger charge is -2.12. The second-order valence-corrected chi connectivity index (χ2v) is 4.57. The largest absolute Gasteiger partial charge is 0.378 e. The fourth-order valence-electron chi connectivity index (χ4n) is 1.87. The van der Waals surface area contributed by atoms with E-state index in [0.717, 1.165) is 23.1 Å². The van der Waals surface area contributed by atoms with Gasteiger partial charge >= 0.3 is 0 Å². The van der Waals surface area contributed by atoms with Gasteiger partial charge in [-0.25, -0.2) is 0 Å². The Morgan fingerprint density at radius 3 is 2.11 bits per heavy atom. The van der Waals surface area contributed by atoms with Gasteiger partial charge < -0.3 is 4.90 Å². The van der Waals surface area contributed by atoms with Crippen LogP contribution in [0.1, 0.15) is 11.1 Å². The molecule has 0 atom stereocenters. The summed E-state index contributed by atoms with van der Waals surface area (Å²) in [5, 5.41) is 0. The first kappa shape index (κ1) is 13.1. The smallest absolute Gasteiger partial charge is 0.150 e. The molecule has 96 valence electrons. The minimum absolute atomic E-state index is 0.691. The van der Waals surface area contributed by atoms with Crippen LogP contribution in [0.25, 0.3) is 11.6 Å². The Kier molecular flexibility index (Phi) is 4.14. The first-order valence-corrected chi connectivity index (χ1v) is 6.20. The molecule has 0 saturated heterocycles. The van der Waals surface area contributed by atoms with Crippen LogP contribution in [0, 0.1) is 0 Å². The number of benzene rings is 2. The maximum atomic E-state index is 11.2. The second kappa shape index (κ2) is 6.01. The third-order valence-electron chi connectivity index (χ3n) is 2.97. The number of nitrogens with zero attached hydrogens (tertiary/aromatic N) is 1. The average molecular weight is 251 g/mol. The Hall–Kier alpha value is -2.35. The van der Waals surface area contributed by atoms with Gasteiger partial charge in [-0.1, -0.05) is 42.5 Å².